The van der Waals surface area contributed by atoms with Crippen molar-refractivity contribution in [1.29, 1.82) is 0 Å². The highest BCUT2D eigenvalue weighted by molar-refractivity contribution is 8.00. The lowest BCUT2D eigenvalue weighted by Gasteiger charge is -2.35. The summed E-state index contributed by atoms with van der Waals surface area (Å²) in [6.45, 7) is 10.6. The van der Waals surface area contributed by atoms with Crippen LogP contribution in [-0.2, 0) is 9.59 Å². The van der Waals surface area contributed by atoms with E-state index in [1.165, 1.54) is 11.8 Å². The first-order chi connectivity index (χ1) is 10.6. The molecule has 4 nitrogen and oxygen atoms in total. The van der Waals surface area contributed by atoms with Crippen LogP contribution in [-0.4, -0.2) is 29.7 Å². The number of rotatable bonds is 4. The van der Waals surface area contributed by atoms with E-state index >= 15 is 0 Å². The first kappa shape index (κ1) is 17.9. The Labute approximate surface area is 143 Å². The fraction of sp³-hybridized carbons (Fsp3) is 0.556. The van der Waals surface area contributed by atoms with Gasteiger partial charge in [0.1, 0.15) is 6.54 Å². The van der Waals surface area contributed by atoms with E-state index in [4.69, 9.17) is 0 Å². The molecule has 0 unspecified atom stereocenters. The predicted octanol–water partition coefficient (Wildman–Crippen LogP) is 3.46. The van der Waals surface area contributed by atoms with Crippen LogP contribution in [0, 0.1) is 5.41 Å². The molecule has 1 N–H and O–H groups in total. The molecule has 1 heterocycles. The number of hydrogen-bond acceptors (Lipinski definition) is 3. The SMILES string of the molecule is CC(C)(C)CC(C)(C)NC(=O)CN1C(=O)CSc2ccccc21. The molecular weight excluding hydrogens is 308 g/mol. The van der Waals surface area contributed by atoms with Gasteiger partial charge in [-0.2, -0.15) is 0 Å². The lowest BCUT2D eigenvalue weighted by atomic mass is 9.82. The van der Waals surface area contributed by atoms with Crippen molar-refractivity contribution < 1.29 is 9.59 Å². The Hall–Kier alpha value is -1.49. The Balaban J connectivity index is 2.07. The normalized spacial score (nSPS) is 15.3. The summed E-state index contributed by atoms with van der Waals surface area (Å²) in [7, 11) is 0. The molecule has 0 aliphatic carbocycles. The van der Waals surface area contributed by atoms with Crippen LogP contribution < -0.4 is 10.2 Å². The van der Waals surface area contributed by atoms with E-state index in [-0.39, 0.29) is 29.3 Å². The van der Waals surface area contributed by atoms with Gasteiger partial charge in [-0.1, -0.05) is 32.9 Å². The van der Waals surface area contributed by atoms with Gasteiger partial charge in [-0.05, 0) is 37.8 Å². The van der Waals surface area contributed by atoms with Crippen molar-refractivity contribution in [1.82, 2.24) is 5.32 Å². The first-order valence-corrected chi connectivity index (χ1v) is 8.89. The summed E-state index contributed by atoms with van der Waals surface area (Å²) < 4.78 is 0. The number of carbonyl (C=O) groups excluding carboxylic acids is 2. The second-order valence-electron chi connectivity index (χ2n) is 7.91. The average Bonchev–Trinajstić information content (AvgIpc) is 2.38. The number of carbonyl (C=O) groups is 2. The third-order valence-corrected chi connectivity index (χ3v) is 4.61. The van der Waals surface area contributed by atoms with E-state index in [0.717, 1.165) is 17.0 Å². The molecule has 0 saturated heterocycles. The average molecular weight is 334 g/mol. The zero-order valence-corrected chi connectivity index (χ0v) is 15.4. The molecule has 126 valence electrons. The van der Waals surface area contributed by atoms with Crippen LogP contribution in [0.15, 0.2) is 29.2 Å². The predicted molar refractivity (Wildman–Crippen MR) is 95.8 cm³/mol. The number of nitrogens with zero attached hydrogens (tertiary/aromatic N) is 1. The van der Waals surface area contributed by atoms with Gasteiger partial charge in [0.25, 0.3) is 0 Å². The molecule has 0 spiro atoms. The number of benzene rings is 1. The minimum Gasteiger partial charge on any atom is -0.350 e. The van der Waals surface area contributed by atoms with Gasteiger partial charge in [-0.25, -0.2) is 0 Å². The minimum absolute atomic E-state index is 0.0162. The van der Waals surface area contributed by atoms with Gasteiger partial charge in [0.2, 0.25) is 11.8 Å². The third kappa shape index (κ3) is 4.99. The van der Waals surface area contributed by atoms with Crippen LogP contribution in [0.5, 0.6) is 0 Å². The van der Waals surface area contributed by atoms with Gasteiger partial charge in [0.15, 0.2) is 0 Å². The Morgan fingerprint density at radius 3 is 2.52 bits per heavy atom. The van der Waals surface area contributed by atoms with Gasteiger partial charge in [0.05, 0.1) is 11.4 Å². The summed E-state index contributed by atoms with van der Waals surface area (Å²) in [4.78, 5) is 27.3. The Morgan fingerprint density at radius 1 is 1.22 bits per heavy atom. The number of thioether (sulfide) groups is 1. The van der Waals surface area contributed by atoms with Gasteiger partial charge in [-0.3, -0.25) is 9.59 Å². The highest BCUT2D eigenvalue weighted by Gasteiger charge is 2.30. The van der Waals surface area contributed by atoms with Gasteiger partial charge in [-0.15, -0.1) is 11.8 Å². The van der Waals surface area contributed by atoms with Crippen molar-refractivity contribution in [3.63, 3.8) is 0 Å². The van der Waals surface area contributed by atoms with Crippen LogP contribution >= 0.6 is 11.8 Å². The van der Waals surface area contributed by atoms with Crippen molar-refractivity contribution in [2.24, 2.45) is 5.41 Å². The molecule has 0 radical (unpaired) electrons. The molecule has 2 amide bonds. The fourth-order valence-electron chi connectivity index (χ4n) is 3.26. The van der Waals surface area contributed by atoms with Crippen LogP contribution in [0.1, 0.15) is 41.0 Å². The van der Waals surface area contributed by atoms with E-state index in [1.807, 2.05) is 38.1 Å². The highest BCUT2D eigenvalue weighted by atomic mass is 32.2. The Kier molecular flexibility index (Phi) is 5.09. The zero-order valence-electron chi connectivity index (χ0n) is 14.6. The number of amides is 2. The molecule has 1 aromatic carbocycles. The van der Waals surface area contributed by atoms with E-state index in [9.17, 15) is 9.59 Å². The van der Waals surface area contributed by atoms with Crippen molar-refractivity contribution in [2.45, 2.75) is 51.5 Å². The second kappa shape index (κ2) is 6.56. The minimum atomic E-state index is -0.303. The number of fused-ring (bicyclic) bond motifs is 1. The molecule has 0 saturated carbocycles. The summed E-state index contributed by atoms with van der Waals surface area (Å²) in [6, 6.07) is 7.73. The lowest BCUT2D eigenvalue weighted by molar-refractivity contribution is -0.124. The zero-order chi connectivity index (χ0) is 17.3. The maximum Gasteiger partial charge on any atom is 0.240 e. The van der Waals surface area contributed by atoms with Gasteiger partial charge in [0, 0.05) is 10.4 Å². The number of anilines is 1. The number of nitrogens with one attached hydrogen (secondary N) is 1. The molecule has 0 bridgehead atoms. The lowest BCUT2D eigenvalue weighted by Crippen LogP contribution is -2.51. The number of hydrogen-bond donors (Lipinski definition) is 1. The van der Waals surface area contributed by atoms with Crippen LogP contribution in [0.3, 0.4) is 0 Å². The molecule has 1 aliphatic rings. The summed E-state index contributed by atoms with van der Waals surface area (Å²) in [5.74, 6) is 0.252. The van der Waals surface area contributed by atoms with Crippen molar-refractivity contribution in [3.8, 4) is 0 Å². The van der Waals surface area contributed by atoms with Crippen LogP contribution in [0.4, 0.5) is 5.69 Å². The molecule has 1 aromatic rings. The Bertz CT molecular complexity index is 605. The summed E-state index contributed by atoms with van der Waals surface area (Å²) in [5, 5.41) is 3.07. The van der Waals surface area contributed by atoms with E-state index < -0.39 is 0 Å². The summed E-state index contributed by atoms with van der Waals surface area (Å²) in [6.07, 6.45) is 0.867. The van der Waals surface area contributed by atoms with E-state index in [0.29, 0.717) is 5.75 Å². The molecular formula is C18H26N2O2S. The van der Waals surface area contributed by atoms with Gasteiger partial charge < -0.3 is 10.2 Å². The van der Waals surface area contributed by atoms with E-state index in [1.54, 1.807) is 4.90 Å². The van der Waals surface area contributed by atoms with Crippen LogP contribution in [0.25, 0.3) is 0 Å². The van der Waals surface area contributed by atoms with E-state index in [2.05, 4.69) is 26.1 Å². The molecule has 0 fully saturated rings. The molecule has 0 atom stereocenters. The maximum atomic E-state index is 12.5. The smallest absolute Gasteiger partial charge is 0.240 e. The van der Waals surface area contributed by atoms with Crippen molar-refractivity contribution in [3.05, 3.63) is 24.3 Å². The molecule has 5 heteroatoms. The largest absolute Gasteiger partial charge is 0.350 e. The second-order valence-corrected chi connectivity index (χ2v) is 8.92. The highest BCUT2D eigenvalue weighted by Crippen LogP contribution is 2.34. The monoisotopic (exact) mass is 334 g/mol. The van der Waals surface area contributed by atoms with Gasteiger partial charge >= 0.3 is 0 Å². The molecule has 23 heavy (non-hydrogen) atoms. The maximum absolute atomic E-state index is 12.5. The number of para-hydroxylation sites is 1. The standard InChI is InChI=1S/C18H26N2O2S/c1-17(2,3)12-18(4,5)19-15(21)10-20-13-8-6-7-9-14(13)23-11-16(20)22/h6-9H,10-12H2,1-5H3,(H,19,21). The third-order valence-electron chi connectivity index (χ3n) is 3.56. The van der Waals surface area contributed by atoms with Crippen molar-refractivity contribution >= 4 is 29.3 Å². The molecule has 1 aliphatic heterocycles. The van der Waals surface area contributed by atoms with Crippen LogP contribution in [0.2, 0.25) is 0 Å². The fourth-order valence-corrected chi connectivity index (χ4v) is 4.19. The Morgan fingerprint density at radius 2 is 1.87 bits per heavy atom. The van der Waals surface area contributed by atoms with Crippen molar-refractivity contribution in [2.75, 3.05) is 17.2 Å². The topological polar surface area (TPSA) is 49.4 Å². The summed E-state index contributed by atoms with van der Waals surface area (Å²) >= 11 is 1.53. The summed E-state index contributed by atoms with van der Waals surface area (Å²) in [5.41, 5.74) is 0.654. The quantitative estimate of drug-likeness (QED) is 0.917. The molecule has 0 aromatic heterocycles. The molecule has 2 rings (SSSR count). The first-order valence-electron chi connectivity index (χ1n) is 7.91.